The Kier molecular flexibility index (Phi) is 1.44. The molecular weight excluding hydrogens is 130 g/mol. The number of aliphatic hydroxyl groups is 2. The fraction of sp³-hybridized carbons (Fsp3) is 1.00. The molecule has 3 N–H and O–H groups in total. The molecule has 1 saturated heterocycles. The van der Waals surface area contributed by atoms with E-state index in [2.05, 4.69) is 5.32 Å². The second-order valence-corrected chi connectivity index (χ2v) is 3.40. The van der Waals surface area contributed by atoms with Crippen molar-refractivity contribution >= 4 is 0 Å². The monoisotopic (exact) mass is 143 g/mol. The standard InChI is InChI=1S/C7H13NO2/c9-6-4-1-5(7(6)10)3-8-2-4/h4-10H,1-3H2. The number of aliphatic hydroxyl groups excluding tert-OH is 2. The average molecular weight is 143 g/mol. The summed E-state index contributed by atoms with van der Waals surface area (Å²) in [5.41, 5.74) is 0. The predicted octanol–water partition coefficient (Wildman–Crippen LogP) is -1.05. The first-order valence-electron chi connectivity index (χ1n) is 3.86. The first-order chi connectivity index (χ1) is 4.79. The largest absolute Gasteiger partial charge is 0.390 e. The van der Waals surface area contributed by atoms with Crippen molar-refractivity contribution in [2.75, 3.05) is 13.1 Å². The van der Waals surface area contributed by atoms with Gasteiger partial charge in [-0.15, -0.1) is 0 Å². The second kappa shape index (κ2) is 2.19. The zero-order valence-corrected chi connectivity index (χ0v) is 5.83. The van der Waals surface area contributed by atoms with E-state index in [4.69, 9.17) is 0 Å². The van der Waals surface area contributed by atoms with Crippen LogP contribution in [0.25, 0.3) is 0 Å². The number of hydrogen-bond donors (Lipinski definition) is 3. The molecule has 2 fully saturated rings. The lowest BCUT2D eigenvalue weighted by atomic mass is 10.0. The maximum Gasteiger partial charge on any atom is 0.0842 e. The molecule has 3 heteroatoms. The summed E-state index contributed by atoms with van der Waals surface area (Å²) >= 11 is 0. The fourth-order valence-electron chi connectivity index (χ4n) is 2.09. The Hall–Kier alpha value is -0.120. The Labute approximate surface area is 60.1 Å². The van der Waals surface area contributed by atoms with E-state index >= 15 is 0 Å². The second-order valence-electron chi connectivity index (χ2n) is 3.40. The van der Waals surface area contributed by atoms with Crippen LogP contribution in [-0.4, -0.2) is 35.5 Å². The Morgan fingerprint density at radius 1 is 1.00 bits per heavy atom. The van der Waals surface area contributed by atoms with Crippen LogP contribution in [0.4, 0.5) is 0 Å². The number of piperidine rings is 1. The van der Waals surface area contributed by atoms with E-state index in [9.17, 15) is 10.2 Å². The predicted molar refractivity (Wildman–Crippen MR) is 36.5 cm³/mol. The van der Waals surface area contributed by atoms with Crippen molar-refractivity contribution in [3.63, 3.8) is 0 Å². The number of nitrogens with one attached hydrogen (secondary N) is 1. The van der Waals surface area contributed by atoms with E-state index in [1.165, 1.54) is 0 Å². The van der Waals surface area contributed by atoms with Crippen LogP contribution in [0.3, 0.4) is 0 Å². The van der Waals surface area contributed by atoms with Crippen LogP contribution in [0.5, 0.6) is 0 Å². The average Bonchev–Trinajstić information content (AvgIpc) is 2.17. The lowest BCUT2D eigenvalue weighted by Crippen LogP contribution is -2.32. The van der Waals surface area contributed by atoms with Gasteiger partial charge in [-0.2, -0.15) is 0 Å². The first kappa shape index (κ1) is 6.58. The van der Waals surface area contributed by atoms with Crippen molar-refractivity contribution in [3.05, 3.63) is 0 Å². The normalized spacial score (nSPS) is 53.4. The van der Waals surface area contributed by atoms with Crippen LogP contribution < -0.4 is 5.32 Å². The number of hydrogen-bond acceptors (Lipinski definition) is 3. The van der Waals surface area contributed by atoms with Crippen LogP contribution in [0.15, 0.2) is 0 Å². The molecule has 2 bridgehead atoms. The molecule has 4 unspecified atom stereocenters. The van der Waals surface area contributed by atoms with Crippen molar-refractivity contribution in [1.82, 2.24) is 5.32 Å². The van der Waals surface area contributed by atoms with E-state index in [0.717, 1.165) is 19.5 Å². The molecule has 1 aliphatic heterocycles. The highest BCUT2D eigenvalue weighted by Gasteiger charge is 2.43. The minimum atomic E-state index is -0.472. The zero-order chi connectivity index (χ0) is 7.14. The summed E-state index contributed by atoms with van der Waals surface area (Å²) < 4.78 is 0. The molecule has 58 valence electrons. The van der Waals surface area contributed by atoms with Gasteiger partial charge in [0, 0.05) is 24.9 Å². The van der Waals surface area contributed by atoms with Crippen molar-refractivity contribution in [3.8, 4) is 0 Å². The molecule has 0 radical (unpaired) electrons. The van der Waals surface area contributed by atoms with E-state index in [-0.39, 0.29) is 0 Å². The molecule has 0 aromatic rings. The Morgan fingerprint density at radius 2 is 1.50 bits per heavy atom. The van der Waals surface area contributed by atoms with Gasteiger partial charge >= 0.3 is 0 Å². The minimum Gasteiger partial charge on any atom is -0.390 e. The molecule has 0 aromatic heterocycles. The first-order valence-corrected chi connectivity index (χ1v) is 3.86. The van der Waals surface area contributed by atoms with E-state index in [1.54, 1.807) is 0 Å². The van der Waals surface area contributed by atoms with Crippen molar-refractivity contribution in [2.24, 2.45) is 11.8 Å². The number of fused-ring (bicyclic) bond motifs is 2. The highest BCUT2D eigenvalue weighted by Crippen LogP contribution is 2.33. The molecular formula is C7H13NO2. The SMILES string of the molecule is OC1C2CNCC(C2)C1O. The van der Waals surface area contributed by atoms with Gasteiger partial charge < -0.3 is 15.5 Å². The lowest BCUT2D eigenvalue weighted by Gasteiger charge is -2.19. The van der Waals surface area contributed by atoms with Gasteiger partial charge in [0.25, 0.3) is 0 Å². The van der Waals surface area contributed by atoms with Crippen LogP contribution >= 0.6 is 0 Å². The maximum atomic E-state index is 9.38. The van der Waals surface area contributed by atoms with Gasteiger partial charge in [0.05, 0.1) is 12.2 Å². The third kappa shape index (κ3) is 0.779. The van der Waals surface area contributed by atoms with E-state index < -0.39 is 12.2 Å². The summed E-state index contributed by atoms with van der Waals surface area (Å²) in [7, 11) is 0. The lowest BCUT2D eigenvalue weighted by molar-refractivity contribution is 0.0130. The molecule has 2 rings (SSSR count). The third-order valence-corrected chi connectivity index (χ3v) is 2.73. The summed E-state index contributed by atoms with van der Waals surface area (Å²) in [5.74, 6) is 0.600. The quantitative estimate of drug-likeness (QED) is 0.405. The Balaban J connectivity index is 2.13. The Bertz CT molecular complexity index is 122. The topological polar surface area (TPSA) is 52.5 Å². The Morgan fingerprint density at radius 3 is 1.90 bits per heavy atom. The smallest absolute Gasteiger partial charge is 0.0842 e. The maximum absolute atomic E-state index is 9.38. The van der Waals surface area contributed by atoms with Crippen LogP contribution in [-0.2, 0) is 0 Å². The molecule has 0 spiro atoms. The zero-order valence-electron chi connectivity index (χ0n) is 5.83. The highest BCUT2D eigenvalue weighted by molar-refractivity contribution is 4.96. The summed E-state index contributed by atoms with van der Waals surface area (Å²) in [4.78, 5) is 0. The van der Waals surface area contributed by atoms with Gasteiger partial charge in [-0.05, 0) is 6.42 Å². The molecule has 10 heavy (non-hydrogen) atoms. The molecule has 4 atom stereocenters. The van der Waals surface area contributed by atoms with Gasteiger partial charge in [0.2, 0.25) is 0 Å². The fourth-order valence-corrected chi connectivity index (χ4v) is 2.09. The molecule has 1 saturated carbocycles. The van der Waals surface area contributed by atoms with Gasteiger partial charge in [-0.3, -0.25) is 0 Å². The van der Waals surface area contributed by atoms with E-state index in [1.807, 2.05) is 0 Å². The van der Waals surface area contributed by atoms with Crippen molar-refractivity contribution < 1.29 is 10.2 Å². The summed E-state index contributed by atoms with van der Waals surface area (Å²) in [6, 6.07) is 0. The molecule has 0 aromatic carbocycles. The summed E-state index contributed by atoms with van der Waals surface area (Å²) in [6.07, 6.45) is 0.0509. The van der Waals surface area contributed by atoms with Gasteiger partial charge in [0.1, 0.15) is 0 Å². The van der Waals surface area contributed by atoms with Crippen LogP contribution in [0.2, 0.25) is 0 Å². The van der Waals surface area contributed by atoms with Crippen LogP contribution in [0.1, 0.15) is 6.42 Å². The van der Waals surface area contributed by atoms with Gasteiger partial charge in [-0.25, -0.2) is 0 Å². The van der Waals surface area contributed by atoms with Crippen molar-refractivity contribution in [1.29, 1.82) is 0 Å². The highest BCUT2D eigenvalue weighted by atomic mass is 16.3. The van der Waals surface area contributed by atoms with E-state index in [0.29, 0.717) is 11.8 Å². The minimum absolute atomic E-state index is 0.300. The number of rotatable bonds is 0. The van der Waals surface area contributed by atoms with Crippen LogP contribution in [0, 0.1) is 11.8 Å². The molecule has 1 heterocycles. The molecule has 2 aliphatic rings. The van der Waals surface area contributed by atoms with Gasteiger partial charge in [-0.1, -0.05) is 0 Å². The van der Waals surface area contributed by atoms with Gasteiger partial charge in [0.15, 0.2) is 0 Å². The molecule has 3 nitrogen and oxygen atoms in total. The molecule has 0 amide bonds. The molecule has 1 aliphatic carbocycles. The third-order valence-electron chi connectivity index (χ3n) is 2.73. The summed E-state index contributed by atoms with van der Waals surface area (Å²) in [6.45, 7) is 1.74. The summed E-state index contributed by atoms with van der Waals surface area (Å²) in [5, 5.41) is 21.9. The van der Waals surface area contributed by atoms with Crippen molar-refractivity contribution in [2.45, 2.75) is 18.6 Å².